The van der Waals surface area contributed by atoms with Gasteiger partial charge in [-0.3, -0.25) is 0 Å². The average Bonchev–Trinajstić information content (AvgIpc) is 2.90. The highest BCUT2D eigenvalue weighted by Crippen LogP contribution is 2.16. The number of hydrogen-bond acceptors (Lipinski definition) is 3. The summed E-state index contributed by atoms with van der Waals surface area (Å²) < 4.78 is 5.01. The van der Waals surface area contributed by atoms with Crippen molar-refractivity contribution < 1.29 is 9.53 Å². The van der Waals surface area contributed by atoms with E-state index in [-0.39, 0.29) is 6.09 Å². The second-order valence-electron chi connectivity index (χ2n) is 5.06. The van der Waals surface area contributed by atoms with Gasteiger partial charge in [-0.2, -0.15) is 0 Å². The topological polar surface area (TPSA) is 41.6 Å². The molecule has 1 aliphatic heterocycles. The molecule has 1 fully saturated rings. The molecule has 0 spiro atoms. The summed E-state index contributed by atoms with van der Waals surface area (Å²) in [5.41, 5.74) is 1.22. The Morgan fingerprint density at radius 1 is 1.45 bits per heavy atom. The van der Waals surface area contributed by atoms with E-state index < -0.39 is 0 Å². The fourth-order valence-corrected chi connectivity index (χ4v) is 2.53. The van der Waals surface area contributed by atoms with Gasteiger partial charge in [0.05, 0.1) is 6.61 Å². The van der Waals surface area contributed by atoms with E-state index in [4.69, 9.17) is 16.3 Å². The van der Waals surface area contributed by atoms with Gasteiger partial charge in [-0.1, -0.05) is 23.7 Å². The Hall–Kier alpha value is -1.26. The molecule has 0 unspecified atom stereocenters. The van der Waals surface area contributed by atoms with Crippen LogP contribution in [-0.4, -0.2) is 37.2 Å². The summed E-state index contributed by atoms with van der Waals surface area (Å²) in [4.78, 5) is 13.4. The van der Waals surface area contributed by atoms with Gasteiger partial charge in [-0.05, 0) is 37.0 Å². The maximum Gasteiger partial charge on any atom is 0.409 e. The largest absolute Gasteiger partial charge is 0.450 e. The monoisotopic (exact) mass is 296 g/mol. The molecule has 1 saturated heterocycles. The van der Waals surface area contributed by atoms with E-state index in [1.807, 2.05) is 31.2 Å². The number of carbonyl (C=O) groups excluding carboxylic acids is 1. The minimum atomic E-state index is -0.187. The van der Waals surface area contributed by atoms with Crippen molar-refractivity contribution in [2.24, 2.45) is 5.92 Å². The lowest BCUT2D eigenvalue weighted by molar-refractivity contribution is 0.114. The van der Waals surface area contributed by atoms with Gasteiger partial charge >= 0.3 is 6.09 Å². The first-order valence-corrected chi connectivity index (χ1v) is 7.43. The highest BCUT2D eigenvalue weighted by atomic mass is 35.5. The van der Waals surface area contributed by atoms with Crippen molar-refractivity contribution in [3.63, 3.8) is 0 Å². The number of benzene rings is 1. The normalized spacial score (nSPS) is 18.3. The SMILES string of the molecule is CCOC(=O)N1CC[C@H](CNCc2ccc(Cl)cc2)C1. The molecule has 5 heteroatoms. The summed E-state index contributed by atoms with van der Waals surface area (Å²) in [6.07, 6.45) is 0.847. The van der Waals surface area contributed by atoms with E-state index in [9.17, 15) is 4.79 Å². The molecule has 110 valence electrons. The van der Waals surface area contributed by atoms with Crippen LogP contribution in [0.1, 0.15) is 18.9 Å². The zero-order chi connectivity index (χ0) is 14.4. The number of carbonyl (C=O) groups is 1. The van der Waals surface area contributed by atoms with Gasteiger partial charge in [-0.15, -0.1) is 0 Å². The third-order valence-corrected chi connectivity index (χ3v) is 3.74. The number of ether oxygens (including phenoxy) is 1. The number of nitrogens with one attached hydrogen (secondary N) is 1. The molecule has 1 aromatic rings. The molecule has 1 N–H and O–H groups in total. The van der Waals surface area contributed by atoms with Crippen molar-refractivity contribution in [2.75, 3.05) is 26.2 Å². The van der Waals surface area contributed by atoms with Gasteiger partial charge < -0.3 is 15.0 Å². The van der Waals surface area contributed by atoms with Crippen LogP contribution < -0.4 is 5.32 Å². The molecule has 0 bridgehead atoms. The van der Waals surface area contributed by atoms with Gasteiger partial charge in [0.25, 0.3) is 0 Å². The van der Waals surface area contributed by atoms with Crippen LogP contribution >= 0.6 is 11.6 Å². The van der Waals surface area contributed by atoms with Crippen molar-refractivity contribution in [1.29, 1.82) is 0 Å². The molecule has 1 heterocycles. The standard InChI is InChI=1S/C15H21ClN2O2/c1-2-20-15(19)18-8-7-13(11-18)10-17-9-12-3-5-14(16)6-4-12/h3-6,13,17H,2,7-11H2,1H3/t13-/m1/s1. The molecule has 0 aromatic heterocycles. The van der Waals surface area contributed by atoms with Crippen LogP contribution in [0.4, 0.5) is 4.79 Å². The van der Waals surface area contributed by atoms with Crippen LogP contribution in [0.15, 0.2) is 24.3 Å². The predicted molar refractivity (Wildman–Crippen MR) is 79.9 cm³/mol. The molecule has 2 rings (SSSR count). The lowest BCUT2D eigenvalue weighted by atomic mass is 10.1. The number of halogens is 1. The summed E-state index contributed by atoms with van der Waals surface area (Å²) in [6.45, 7) is 5.60. The predicted octanol–water partition coefficient (Wildman–Crippen LogP) is 2.91. The Morgan fingerprint density at radius 3 is 2.90 bits per heavy atom. The van der Waals surface area contributed by atoms with Gasteiger partial charge in [0.2, 0.25) is 0 Å². The van der Waals surface area contributed by atoms with E-state index in [1.54, 1.807) is 4.90 Å². The summed E-state index contributed by atoms with van der Waals surface area (Å²) in [6, 6.07) is 7.84. The number of nitrogens with zero attached hydrogens (tertiary/aromatic N) is 1. The Bertz CT molecular complexity index is 436. The maximum absolute atomic E-state index is 11.6. The fourth-order valence-electron chi connectivity index (χ4n) is 2.40. The van der Waals surface area contributed by atoms with Crippen LogP contribution in [0.2, 0.25) is 5.02 Å². The molecule has 1 amide bonds. The molecule has 0 saturated carbocycles. The number of amides is 1. The van der Waals surface area contributed by atoms with Crippen LogP contribution in [0.3, 0.4) is 0 Å². The van der Waals surface area contributed by atoms with Crippen molar-refractivity contribution in [3.05, 3.63) is 34.9 Å². The van der Waals surface area contributed by atoms with Crippen molar-refractivity contribution in [2.45, 2.75) is 19.9 Å². The highest BCUT2D eigenvalue weighted by molar-refractivity contribution is 6.30. The van der Waals surface area contributed by atoms with Crippen molar-refractivity contribution >= 4 is 17.7 Å². The van der Waals surface area contributed by atoms with Crippen molar-refractivity contribution in [1.82, 2.24) is 10.2 Å². The lowest BCUT2D eigenvalue weighted by Gasteiger charge is -2.16. The van der Waals surface area contributed by atoms with E-state index >= 15 is 0 Å². The molecule has 1 atom stereocenters. The van der Waals surface area contributed by atoms with E-state index in [0.717, 1.165) is 37.6 Å². The first-order valence-electron chi connectivity index (χ1n) is 7.06. The van der Waals surface area contributed by atoms with Crippen LogP contribution in [-0.2, 0) is 11.3 Å². The third-order valence-electron chi connectivity index (χ3n) is 3.49. The Balaban J connectivity index is 1.68. The third kappa shape index (κ3) is 4.39. The number of likely N-dealkylation sites (tertiary alicyclic amines) is 1. The molecule has 0 aliphatic carbocycles. The van der Waals surface area contributed by atoms with Gasteiger partial charge in [-0.25, -0.2) is 4.79 Å². The van der Waals surface area contributed by atoms with Crippen LogP contribution in [0.5, 0.6) is 0 Å². The summed E-state index contributed by atoms with van der Waals surface area (Å²) in [7, 11) is 0. The second-order valence-corrected chi connectivity index (χ2v) is 5.49. The first-order chi connectivity index (χ1) is 9.69. The van der Waals surface area contributed by atoms with E-state index in [1.165, 1.54) is 5.56 Å². The van der Waals surface area contributed by atoms with Gasteiger partial charge in [0, 0.05) is 31.2 Å². The molecular weight excluding hydrogens is 276 g/mol. The minimum absolute atomic E-state index is 0.187. The second kappa shape index (κ2) is 7.50. The van der Waals surface area contributed by atoms with E-state index in [2.05, 4.69) is 5.32 Å². The average molecular weight is 297 g/mol. The fraction of sp³-hybridized carbons (Fsp3) is 0.533. The summed E-state index contributed by atoms with van der Waals surface area (Å²) in [5, 5.41) is 4.19. The summed E-state index contributed by atoms with van der Waals surface area (Å²) in [5.74, 6) is 0.506. The zero-order valence-electron chi connectivity index (χ0n) is 11.8. The quantitative estimate of drug-likeness (QED) is 0.908. The Morgan fingerprint density at radius 2 is 2.20 bits per heavy atom. The maximum atomic E-state index is 11.6. The van der Waals surface area contributed by atoms with Crippen LogP contribution in [0, 0.1) is 5.92 Å². The zero-order valence-corrected chi connectivity index (χ0v) is 12.5. The van der Waals surface area contributed by atoms with E-state index in [0.29, 0.717) is 12.5 Å². The Labute approximate surface area is 125 Å². The number of rotatable bonds is 5. The number of hydrogen-bond donors (Lipinski definition) is 1. The molecule has 1 aliphatic rings. The Kier molecular flexibility index (Phi) is 5.68. The first kappa shape index (κ1) is 15.1. The highest BCUT2D eigenvalue weighted by Gasteiger charge is 2.26. The molecular formula is C15H21ClN2O2. The molecule has 1 aromatic carbocycles. The molecule has 4 nitrogen and oxygen atoms in total. The van der Waals surface area contributed by atoms with Crippen molar-refractivity contribution in [3.8, 4) is 0 Å². The molecule has 0 radical (unpaired) electrons. The summed E-state index contributed by atoms with van der Waals surface area (Å²) >= 11 is 5.85. The smallest absolute Gasteiger partial charge is 0.409 e. The lowest BCUT2D eigenvalue weighted by Crippen LogP contribution is -2.31. The van der Waals surface area contributed by atoms with Gasteiger partial charge in [0.1, 0.15) is 0 Å². The minimum Gasteiger partial charge on any atom is -0.450 e. The molecule has 20 heavy (non-hydrogen) atoms. The van der Waals surface area contributed by atoms with Crippen LogP contribution in [0.25, 0.3) is 0 Å². The van der Waals surface area contributed by atoms with Gasteiger partial charge in [0.15, 0.2) is 0 Å².